The van der Waals surface area contributed by atoms with Gasteiger partial charge in [0.1, 0.15) is 0 Å². The zero-order valence-electron chi connectivity index (χ0n) is 11.8. The van der Waals surface area contributed by atoms with Crippen LogP contribution in [0.4, 0.5) is 0 Å². The van der Waals surface area contributed by atoms with Crippen LogP contribution in [0.3, 0.4) is 0 Å². The first kappa shape index (κ1) is 13.9. The topological polar surface area (TPSA) is 40.5 Å². The van der Waals surface area contributed by atoms with Crippen molar-refractivity contribution in [1.29, 1.82) is 0 Å². The van der Waals surface area contributed by atoms with Crippen LogP contribution in [-0.2, 0) is 4.79 Å². The molecule has 1 aliphatic heterocycles. The summed E-state index contributed by atoms with van der Waals surface area (Å²) >= 11 is 0. The molecule has 1 heterocycles. The first-order valence-corrected chi connectivity index (χ1v) is 7.54. The minimum Gasteiger partial charge on any atom is -0.481 e. The fraction of sp³-hybridized carbons (Fsp3) is 0.933. The Kier molecular flexibility index (Phi) is 4.66. The van der Waals surface area contributed by atoms with E-state index in [4.69, 9.17) is 5.11 Å². The lowest BCUT2D eigenvalue weighted by atomic mass is 9.79. The van der Waals surface area contributed by atoms with Gasteiger partial charge in [-0.1, -0.05) is 13.8 Å². The number of aliphatic carboxylic acids is 1. The van der Waals surface area contributed by atoms with E-state index in [1.54, 1.807) is 0 Å². The first-order chi connectivity index (χ1) is 8.58. The molecule has 1 aliphatic carbocycles. The largest absolute Gasteiger partial charge is 0.481 e. The molecule has 0 atom stereocenters. The average molecular weight is 253 g/mol. The highest BCUT2D eigenvalue weighted by atomic mass is 16.4. The van der Waals surface area contributed by atoms with Crippen LogP contribution in [0.15, 0.2) is 0 Å². The van der Waals surface area contributed by atoms with Crippen LogP contribution in [0, 0.1) is 17.8 Å². The Labute approximate surface area is 111 Å². The Morgan fingerprint density at radius 3 is 2.06 bits per heavy atom. The third kappa shape index (κ3) is 3.25. The van der Waals surface area contributed by atoms with E-state index in [1.807, 2.05) is 0 Å². The molecule has 0 amide bonds. The molecule has 0 radical (unpaired) electrons. The van der Waals surface area contributed by atoms with Crippen molar-refractivity contribution in [1.82, 2.24) is 4.90 Å². The monoisotopic (exact) mass is 253 g/mol. The highest BCUT2D eigenvalue weighted by Gasteiger charge is 2.31. The number of nitrogens with zero attached hydrogens (tertiary/aromatic N) is 1. The van der Waals surface area contributed by atoms with E-state index < -0.39 is 5.97 Å². The quantitative estimate of drug-likeness (QED) is 0.840. The summed E-state index contributed by atoms with van der Waals surface area (Å²) in [6.45, 7) is 6.66. The van der Waals surface area contributed by atoms with Crippen molar-refractivity contribution in [2.75, 3.05) is 13.1 Å². The zero-order chi connectivity index (χ0) is 13.1. The third-order valence-electron chi connectivity index (χ3n) is 5.08. The van der Waals surface area contributed by atoms with Crippen LogP contribution < -0.4 is 0 Å². The highest BCUT2D eigenvalue weighted by molar-refractivity contribution is 5.70. The van der Waals surface area contributed by atoms with Crippen molar-refractivity contribution < 1.29 is 9.90 Å². The first-order valence-electron chi connectivity index (χ1n) is 7.54. The Morgan fingerprint density at radius 1 is 1.06 bits per heavy atom. The smallest absolute Gasteiger partial charge is 0.306 e. The molecule has 2 fully saturated rings. The summed E-state index contributed by atoms with van der Waals surface area (Å²) in [5.74, 6) is 1.05. The molecule has 2 rings (SSSR count). The summed E-state index contributed by atoms with van der Waals surface area (Å²) in [5, 5.41) is 9.01. The van der Waals surface area contributed by atoms with Gasteiger partial charge < -0.3 is 10.0 Å². The Morgan fingerprint density at radius 2 is 1.61 bits per heavy atom. The molecule has 0 spiro atoms. The highest BCUT2D eigenvalue weighted by Crippen LogP contribution is 2.33. The maximum Gasteiger partial charge on any atom is 0.306 e. The summed E-state index contributed by atoms with van der Waals surface area (Å²) in [5.41, 5.74) is 0. The summed E-state index contributed by atoms with van der Waals surface area (Å²) in [4.78, 5) is 13.5. The van der Waals surface area contributed by atoms with E-state index in [1.165, 1.54) is 25.7 Å². The summed E-state index contributed by atoms with van der Waals surface area (Å²) in [6, 6.07) is 0.731. The number of hydrogen-bond acceptors (Lipinski definition) is 2. The SMILES string of the molecule is CC(C)C1CCC(N2CCC(C(=O)O)CC2)CC1. The molecule has 1 saturated carbocycles. The number of hydrogen-bond donors (Lipinski definition) is 1. The lowest BCUT2D eigenvalue weighted by molar-refractivity contribution is -0.143. The van der Waals surface area contributed by atoms with E-state index in [2.05, 4.69) is 18.7 Å². The van der Waals surface area contributed by atoms with Gasteiger partial charge in [-0.15, -0.1) is 0 Å². The molecule has 0 aromatic rings. The molecule has 0 aromatic heterocycles. The fourth-order valence-electron chi connectivity index (χ4n) is 3.64. The molecule has 0 unspecified atom stereocenters. The molecule has 0 aromatic carbocycles. The van der Waals surface area contributed by atoms with Gasteiger partial charge in [0.05, 0.1) is 5.92 Å². The maximum atomic E-state index is 10.9. The number of carboxylic acid groups (broad SMARTS) is 1. The zero-order valence-corrected chi connectivity index (χ0v) is 11.8. The van der Waals surface area contributed by atoms with E-state index >= 15 is 0 Å². The molecule has 1 saturated heterocycles. The molecule has 2 aliphatic rings. The van der Waals surface area contributed by atoms with Crippen molar-refractivity contribution in [3.8, 4) is 0 Å². The predicted octanol–water partition coefficient (Wildman–Crippen LogP) is 3.00. The van der Waals surface area contributed by atoms with E-state index in [9.17, 15) is 4.79 Å². The molecular formula is C15H27NO2. The molecular weight excluding hydrogens is 226 g/mol. The molecule has 0 bridgehead atoms. The number of piperidine rings is 1. The Balaban J connectivity index is 1.76. The molecule has 1 N–H and O–H groups in total. The van der Waals surface area contributed by atoms with E-state index in [0.717, 1.165) is 43.8 Å². The van der Waals surface area contributed by atoms with Gasteiger partial charge in [0, 0.05) is 6.04 Å². The third-order valence-corrected chi connectivity index (χ3v) is 5.08. The second kappa shape index (κ2) is 6.05. The van der Waals surface area contributed by atoms with Crippen molar-refractivity contribution in [3.05, 3.63) is 0 Å². The summed E-state index contributed by atoms with van der Waals surface area (Å²) in [7, 11) is 0. The van der Waals surface area contributed by atoms with Gasteiger partial charge in [0.2, 0.25) is 0 Å². The van der Waals surface area contributed by atoms with Gasteiger partial charge in [-0.25, -0.2) is 0 Å². The standard InChI is InChI=1S/C15H27NO2/c1-11(2)12-3-5-14(6-4-12)16-9-7-13(8-10-16)15(17)18/h11-14H,3-10H2,1-2H3,(H,17,18). The average Bonchev–Trinajstić information content (AvgIpc) is 2.39. The number of carboxylic acids is 1. The van der Waals surface area contributed by atoms with Crippen LogP contribution in [0.2, 0.25) is 0 Å². The van der Waals surface area contributed by atoms with Gasteiger partial charge in [-0.05, 0) is 63.5 Å². The molecule has 104 valence electrons. The lowest BCUT2D eigenvalue weighted by Gasteiger charge is -2.40. The van der Waals surface area contributed by atoms with Crippen LogP contribution in [0.1, 0.15) is 52.4 Å². The van der Waals surface area contributed by atoms with Crippen molar-refractivity contribution >= 4 is 5.97 Å². The molecule has 18 heavy (non-hydrogen) atoms. The van der Waals surface area contributed by atoms with Gasteiger partial charge in [0.15, 0.2) is 0 Å². The summed E-state index contributed by atoms with van der Waals surface area (Å²) < 4.78 is 0. The van der Waals surface area contributed by atoms with Crippen molar-refractivity contribution in [2.24, 2.45) is 17.8 Å². The number of likely N-dealkylation sites (tertiary alicyclic amines) is 1. The molecule has 3 nitrogen and oxygen atoms in total. The van der Waals surface area contributed by atoms with Crippen LogP contribution in [0.5, 0.6) is 0 Å². The van der Waals surface area contributed by atoms with Crippen LogP contribution in [-0.4, -0.2) is 35.1 Å². The normalized spacial score (nSPS) is 31.7. The van der Waals surface area contributed by atoms with Gasteiger partial charge in [0.25, 0.3) is 0 Å². The van der Waals surface area contributed by atoms with E-state index in [-0.39, 0.29) is 5.92 Å². The Bertz CT molecular complexity index is 274. The summed E-state index contributed by atoms with van der Waals surface area (Å²) in [6.07, 6.45) is 7.06. The number of rotatable bonds is 3. The minimum absolute atomic E-state index is 0.0896. The van der Waals surface area contributed by atoms with Crippen LogP contribution >= 0.6 is 0 Å². The van der Waals surface area contributed by atoms with Crippen LogP contribution in [0.25, 0.3) is 0 Å². The lowest BCUT2D eigenvalue weighted by Crippen LogP contribution is -2.44. The maximum absolute atomic E-state index is 10.9. The predicted molar refractivity (Wildman–Crippen MR) is 72.5 cm³/mol. The second-order valence-electron chi connectivity index (χ2n) is 6.46. The van der Waals surface area contributed by atoms with Crippen molar-refractivity contribution in [2.45, 2.75) is 58.4 Å². The number of carbonyl (C=O) groups is 1. The van der Waals surface area contributed by atoms with Crippen molar-refractivity contribution in [3.63, 3.8) is 0 Å². The Hall–Kier alpha value is -0.570. The minimum atomic E-state index is -0.599. The van der Waals surface area contributed by atoms with E-state index in [0.29, 0.717) is 0 Å². The van der Waals surface area contributed by atoms with Gasteiger partial charge in [-0.3, -0.25) is 4.79 Å². The molecule has 3 heteroatoms. The fourth-order valence-corrected chi connectivity index (χ4v) is 3.64. The van der Waals surface area contributed by atoms with Gasteiger partial charge in [-0.2, -0.15) is 0 Å². The second-order valence-corrected chi connectivity index (χ2v) is 6.46. The van der Waals surface area contributed by atoms with Gasteiger partial charge >= 0.3 is 5.97 Å².